The summed E-state index contributed by atoms with van der Waals surface area (Å²) in [7, 11) is -3.82. The van der Waals surface area contributed by atoms with Crippen LogP contribution < -0.4 is 4.18 Å². The van der Waals surface area contributed by atoms with Crippen LogP contribution in [0.15, 0.2) is 70.0 Å². The lowest BCUT2D eigenvalue weighted by atomic mass is 10.1. The molecule has 0 aliphatic heterocycles. The molecular weight excluding hydrogens is 364 g/mol. The lowest BCUT2D eigenvalue weighted by Gasteiger charge is -2.08. The highest BCUT2D eigenvalue weighted by atomic mass is 79.9. The van der Waals surface area contributed by atoms with E-state index in [9.17, 15) is 8.42 Å². The zero-order valence-corrected chi connectivity index (χ0v) is 14.2. The van der Waals surface area contributed by atoms with E-state index in [-0.39, 0.29) is 4.90 Å². The van der Waals surface area contributed by atoms with Gasteiger partial charge in [0.2, 0.25) is 0 Å². The van der Waals surface area contributed by atoms with Gasteiger partial charge < -0.3 is 4.18 Å². The predicted octanol–water partition coefficient (Wildman–Crippen LogP) is 4.68. The Hall–Kier alpha value is -1.85. The van der Waals surface area contributed by atoms with Crippen LogP contribution in [0.3, 0.4) is 0 Å². The van der Waals surface area contributed by atoms with Gasteiger partial charge >= 0.3 is 10.1 Å². The minimum Gasteiger partial charge on any atom is -0.379 e. The van der Waals surface area contributed by atoms with Crippen molar-refractivity contribution in [1.82, 2.24) is 0 Å². The molecule has 22 heavy (non-hydrogen) atoms. The smallest absolute Gasteiger partial charge is 0.339 e. The van der Waals surface area contributed by atoms with E-state index in [1.165, 1.54) is 0 Å². The number of fused-ring (bicyclic) bond motifs is 1. The normalized spacial score (nSPS) is 11.5. The summed E-state index contributed by atoms with van der Waals surface area (Å²) < 4.78 is 30.7. The highest BCUT2D eigenvalue weighted by Crippen LogP contribution is 2.26. The zero-order valence-electron chi connectivity index (χ0n) is 11.8. The number of halogens is 1. The van der Waals surface area contributed by atoms with E-state index in [4.69, 9.17) is 4.18 Å². The molecule has 3 rings (SSSR count). The summed E-state index contributed by atoms with van der Waals surface area (Å²) in [5, 5.41) is 1.93. The SMILES string of the molecule is Cc1ccc(S(=O)(=O)Oc2ccc3ccc(Br)cc3c2)cc1. The topological polar surface area (TPSA) is 43.4 Å². The molecule has 0 spiro atoms. The average molecular weight is 377 g/mol. The molecular formula is C17H13BrO3S. The number of rotatable bonds is 3. The Kier molecular flexibility index (Phi) is 3.93. The third-order valence-corrected chi connectivity index (χ3v) is 5.04. The fourth-order valence-electron chi connectivity index (χ4n) is 2.13. The molecule has 0 aliphatic rings. The first-order chi connectivity index (χ1) is 10.4. The first-order valence-corrected chi connectivity index (χ1v) is 8.85. The van der Waals surface area contributed by atoms with Crippen molar-refractivity contribution in [3.05, 3.63) is 70.7 Å². The Labute approximate surface area is 137 Å². The Bertz CT molecular complexity index is 932. The summed E-state index contributed by atoms with van der Waals surface area (Å²) >= 11 is 3.40. The van der Waals surface area contributed by atoms with Crippen LogP contribution in [0.25, 0.3) is 10.8 Å². The van der Waals surface area contributed by atoms with Crippen molar-refractivity contribution >= 4 is 36.8 Å². The number of hydrogen-bond donors (Lipinski definition) is 0. The maximum atomic E-state index is 12.3. The summed E-state index contributed by atoms with van der Waals surface area (Å²) in [5.41, 5.74) is 0.995. The van der Waals surface area contributed by atoms with Gasteiger partial charge in [-0.3, -0.25) is 0 Å². The highest BCUT2D eigenvalue weighted by molar-refractivity contribution is 9.10. The molecule has 0 saturated carbocycles. The minimum atomic E-state index is -3.82. The second kappa shape index (κ2) is 5.74. The van der Waals surface area contributed by atoms with E-state index in [0.29, 0.717) is 5.75 Å². The molecule has 0 aromatic heterocycles. The summed E-state index contributed by atoms with van der Waals surface area (Å²) in [6.45, 7) is 1.90. The van der Waals surface area contributed by atoms with Gasteiger partial charge in [0, 0.05) is 4.47 Å². The Balaban J connectivity index is 1.96. The van der Waals surface area contributed by atoms with E-state index in [0.717, 1.165) is 20.8 Å². The first kappa shape index (κ1) is 15.1. The fraction of sp³-hybridized carbons (Fsp3) is 0.0588. The van der Waals surface area contributed by atoms with Crippen molar-refractivity contribution in [2.75, 3.05) is 0 Å². The van der Waals surface area contributed by atoms with E-state index >= 15 is 0 Å². The highest BCUT2D eigenvalue weighted by Gasteiger charge is 2.16. The maximum absolute atomic E-state index is 12.3. The maximum Gasteiger partial charge on any atom is 0.339 e. The molecule has 0 N–H and O–H groups in total. The van der Waals surface area contributed by atoms with E-state index in [1.54, 1.807) is 36.4 Å². The van der Waals surface area contributed by atoms with Gasteiger partial charge in [-0.25, -0.2) is 0 Å². The van der Waals surface area contributed by atoms with Crippen LogP contribution >= 0.6 is 15.9 Å². The monoisotopic (exact) mass is 376 g/mol. The average Bonchev–Trinajstić information content (AvgIpc) is 2.47. The summed E-state index contributed by atoms with van der Waals surface area (Å²) in [5.74, 6) is 0.297. The molecule has 0 unspecified atom stereocenters. The van der Waals surface area contributed by atoms with Crippen LogP contribution in [-0.2, 0) is 10.1 Å². The van der Waals surface area contributed by atoms with Crippen molar-refractivity contribution < 1.29 is 12.6 Å². The molecule has 3 aromatic rings. The molecule has 0 saturated heterocycles. The lowest BCUT2D eigenvalue weighted by molar-refractivity contribution is 0.486. The molecule has 0 atom stereocenters. The summed E-state index contributed by atoms with van der Waals surface area (Å²) in [4.78, 5) is 0.146. The molecule has 0 heterocycles. The van der Waals surface area contributed by atoms with Gasteiger partial charge in [0.15, 0.2) is 0 Å². The second-order valence-corrected chi connectivity index (χ2v) is 7.47. The standard InChI is InChI=1S/C17H13BrO3S/c1-12-2-8-17(9-3-12)22(19,20)21-16-7-5-13-4-6-15(18)10-14(13)11-16/h2-11H,1H3. The van der Waals surface area contributed by atoms with Gasteiger partial charge in [-0.05, 0) is 54.1 Å². The Morgan fingerprint density at radius 3 is 2.27 bits per heavy atom. The third kappa shape index (κ3) is 3.15. The molecule has 0 radical (unpaired) electrons. The number of benzene rings is 3. The summed E-state index contributed by atoms with van der Waals surface area (Å²) in [6.07, 6.45) is 0. The number of aryl methyl sites for hydroxylation is 1. The van der Waals surface area contributed by atoms with Crippen molar-refractivity contribution in [3.8, 4) is 5.75 Å². The molecule has 112 valence electrons. The van der Waals surface area contributed by atoms with Crippen molar-refractivity contribution in [1.29, 1.82) is 0 Å². The molecule has 0 fully saturated rings. The second-order valence-electron chi connectivity index (χ2n) is 5.00. The lowest BCUT2D eigenvalue weighted by Crippen LogP contribution is -2.09. The van der Waals surface area contributed by atoms with E-state index < -0.39 is 10.1 Å². The van der Waals surface area contributed by atoms with Crippen molar-refractivity contribution in [2.45, 2.75) is 11.8 Å². The molecule has 0 bridgehead atoms. The van der Waals surface area contributed by atoms with Crippen LogP contribution in [0.1, 0.15) is 5.56 Å². The van der Waals surface area contributed by atoms with Gasteiger partial charge in [0.1, 0.15) is 10.6 Å². The third-order valence-electron chi connectivity index (χ3n) is 3.29. The van der Waals surface area contributed by atoms with Crippen LogP contribution in [0.4, 0.5) is 0 Å². The van der Waals surface area contributed by atoms with Gasteiger partial charge in [-0.2, -0.15) is 8.42 Å². The van der Waals surface area contributed by atoms with Crippen LogP contribution in [0.5, 0.6) is 5.75 Å². The predicted molar refractivity (Wildman–Crippen MR) is 90.6 cm³/mol. The van der Waals surface area contributed by atoms with Gasteiger partial charge in [-0.1, -0.05) is 45.8 Å². The minimum absolute atomic E-state index is 0.146. The van der Waals surface area contributed by atoms with Crippen molar-refractivity contribution in [2.24, 2.45) is 0 Å². The zero-order chi connectivity index (χ0) is 15.7. The van der Waals surface area contributed by atoms with Crippen LogP contribution in [0.2, 0.25) is 0 Å². The Morgan fingerprint density at radius 1 is 0.864 bits per heavy atom. The first-order valence-electron chi connectivity index (χ1n) is 6.64. The molecule has 5 heteroatoms. The Morgan fingerprint density at radius 2 is 1.55 bits per heavy atom. The van der Waals surface area contributed by atoms with Gasteiger partial charge in [-0.15, -0.1) is 0 Å². The number of hydrogen-bond acceptors (Lipinski definition) is 3. The largest absolute Gasteiger partial charge is 0.379 e. The van der Waals surface area contributed by atoms with Gasteiger partial charge in [0.25, 0.3) is 0 Å². The van der Waals surface area contributed by atoms with Crippen LogP contribution in [-0.4, -0.2) is 8.42 Å². The molecule has 0 aliphatic carbocycles. The molecule has 0 amide bonds. The van der Waals surface area contributed by atoms with E-state index in [2.05, 4.69) is 15.9 Å². The quantitative estimate of drug-likeness (QED) is 0.623. The van der Waals surface area contributed by atoms with Gasteiger partial charge in [0.05, 0.1) is 0 Å². The summed E-state index contributed by atoms with van der Waals surface area (Å²) in [6, 6.07) is 17.6. The molecule has 3 nitrogen and oxygen atoms in total. The van der Waals surface area contributed by atoms with Crippen molar-refractivity contribution in [3.63, 3.8) is 0 Å². The molecule has 3 aromatic carbocycles. The van der Waals surface area contributed by atoms with E-state index in [1.807, 2.05) is 31.2 Å². The fourth-order valence-corrected chi connectivity index (χ4v) is 3.43. The van der Waals surface area contributed by atoms with Crippen LogP contribution in [0, 0.1) is 6.92 Å².